The summed E-state index contributed by atoms with van der Waals surface area (Å²) in [4.78, 5) is 0. The van der Waals surface area contributed by atoms with Crippen LogP contribution in [-0.4, -0.2) is 13.7 Å². The maximum atomic E-state index is 2.47. The maximum Gasteiger partial charge on any atom is 0.0547 e. The van der Waals surface area contributed by atoms with Gasteiger partial charge in [-0.15, -0.1) is 0 Å². The van der Waals surface area contributed by atoms with Gasteiger partial charge in [0.1, 0.15) is 0 Å². The Hall–Kier alpha value is -18.5. The van der Waals surface area contributed by atoms with Crippen LogP contribution in [0, 0.1) is 6.92 Å². The van der Waals surface area contributed by atoms with Gasteiger partial charge in [0.05, 0.1) is 33.1 Å². The van der Waals surface area contributed by atoms with E-state index >= 15 is 0 Å². The molecule has 0 aliphatic carbocycles. The molecule has 0 amide bonds. The maximum absolute atomic E-state index is 2.47. The summed E-state index contributed by atoms with van der Waals surface area (Å²) in [6.45, 7) is 4.41. The molecule has 27 aromatic carbocycles. The number of hydrogen-bond donors (Lipinski definition) is 0. The highest BCUT2D eigenvalue weighted by molar-refractivity contribution is 6.33. The second kappa shape index (κ2) is 34.2. The van der Waals surface area contributed by atoms with Gasteiger partial charge in [-0.1, -0.05) is 455 Å². The number of aromatic nitrogens is 3. The lowest BCUT2D eigenvalue weighted by molar-refractivity contribution is 1.15. The van der Waals surface area contributed by atoms with E-state index in [1.54, 1.807) is 0 Å². The molecule has 0 saturated carbocycles. The van der Waals surface area contributed by atoms with Crippen molar-refractivity contribution in [3.63, 3.8) is 0 Å². The second-order valence-corrected chi connectivity index (χ2v) is 38.5. The van der Waals surface area contributed by atoms with Crippen LogP contribution in [0.25, 0.3) is 279 Å². The predicted molar refractivity (Wildman–Crippen MR) is 619 cm³/mol. The van der Waals surface area contributed by atoms with Crippen molar-refractivity contribution in [3.05, 3.63) is 527 Å². The number of hydrogen-bond acceptors (Lipinski definition) is 0. The summed E-state index contributed by atoms with van der Waals surface area (Å²) in [6.07, 6.45) is 1.02. The molecule has 672 valence electrons. The SMILES string of the molecule is CCc1ccc2ccc3c(c2c1)c1c2ccccc2ccc1n3-c1ccc(-c2c3ccccc3c(-c3ccccc3)c3ccccc23)cc1.Cc1ccc2c(ccc3c2c2c4ccccc4ccc2n3-c2ccc(-c3c4ccccc4c(-c4ccccc4)c4ccccc34)cc2)c1.c1ccc(-c2c3ccccc3c(-c3ccc(-n4c5ccc6ccccc6c5c5c6ccccc6ccc54)cc3)c3ccccc23)cc1. The largest absolute Gasteiger partial charge is 0.309 e. The Kier molecular flexibility index (Phi) is 19.9. The fourth-order valence-corrected chi connectivity index (χ4v) is 24.4. The third-order valence-electron chi connectivity index (χ3n) is 30.7. The van der Waals surface area contributed by atoms with Crippen molar-refractivity contribution in [1.82, 2.24) is 13.7 Å². The van der Waals surface area contributed by atoms with Crippen molar-refractivity contribution in [1.29, 1.82) is 0 Å². The van der Waals surface area contributed by atoms with E-state index in [1.807, 2.05) is 0 Å². The predicted octanol–water partition coefficient (Wildman–Crippen LogP) is 39.1. The number of fused-ring (bicyclic) bond motifs is 27. The fraction of sp³-hybridized carbons (Fsp3) is 0.0213. The molecule has 0 aliphatic rings. The van der Waals surface area contributed by atoms with Gasteiger partial charge in [-0.3, -0.25) is 0 Å². The average molecular weight is 1830 g/mol. The topological polar surface area (TPSA) is 14.8 Å². The van der Waals surface area contributed by atoms with Crippen LogP contribution in [0.4, 0.5) is 0 Å². The molecule has 0 unspecified atom stereocenters. The summed E-state index contributed by atoms with van der Waals surface area (Å²) in [5, 5.41) is 38.6. The normalized spacial score (nSPS) is 11.8. The molecule has 30 aromatic rings. The van der Waals surface area contributed by atoms with Gasteiger partial charge in [0.15, 0.2) is 0 Å². The van der Waals surface area contributed by atoms with Gasteiger partial charge in [-0.25, -0.2) is 0 Å². The van der Waals surface area contributed by atoms with Gasteiger partial charge >= 0.3 is 0 Å². The Bertz CT molecular complexity index is 10200. The summed E-state index contributed by atoms with van der Waals surface area (Å²) >= 11 is 0. The molecule has 144 heavy (non-hydrogen) atoms. The molecule has 0 fully saturated rings. The molecule has 0 spiro atoms. The lowest BCUT2D eigenvalue weighted by Crippen LogP contribution is -1.95. The van der Waals surface area contributed by atoms with E-state index < -0.39 is 0 Å². The monoisotopic (exact) mass is 1830 g/mol. The zero-order valence-corrected chi connectivity index (χ0v) is 79.6. The molecule has 3 nitrogen and oxygen atoms in total. The second-order valence-electron chi connectivity index (χ2n) is 38.5. The fourth-order valence-electron chi connectivity index (χ4n) is 24.4. The van der Waals surface area contributed by atoms with Crippen LogP contribution in [0.1, 0.15) is 18.1 Å². The number of aryl methyl sites for hydroxylation is 2. The molecule has 3 heterocycles. The summed E-state index contributed by atoms with van der Waals surface area (Å²) in [7, 11) is 0. The van der Waals surface area contributed by atoms with E-state index in [4.69, 9.17) is 0 Å². The Morgan fingerprint density at radius 2 is 0.340 bits per heavy atom. The summed E-state index contributed by atoms with van der Waals surface area (Å²) in [6, 6.07) is 190. The van der Waals surface area contributed by atoms with Gasteiger partial charge in [0.2, 0.25) is 0 Å². The Balaban J connectivity index is 0.000000105. The molecule has 0 N–H and O–H groups in total. The highest BCUT2D eigenvalue weighted by Crippen LogP contribution is 2.52. The third kappa shape index (κ3) is 13.4. The standard InChI is InChI=1S/C48H33N.C47H31N.C46H29N/c1-2-31-20-21-33-25-29-44-48(42(33)30-31)47-37-15-7-6-12-32(37)24-28-43(47)49(44)36-26-22-35(23-27-36)46-40-18-10-8-16-38(40)45(34-13-4-3-5-14-34)39-17-9-11-19-41(39)46;1-30-19-26-37-34(29-30)23-28-43-47(37)46-36-14-6-5-11-31(36)22-27-42(46)48(43)35-24-20-33(21-25-35)45-40-17-9-7-15-38(40)44(32-12-3-2-4-13-32)39-16-8-10-18-41(39)45;1-2-14-32(15-3-1)43-37-18-8-10-20-39(37)44(40-21-11-9-19-38(40)43)33-22-26-34(27-23-33)47-41-28-24-30-12-4-6-16-35(30)45(41)46-36-17-7-5-13-31(36)25-29-42(46)47/h3-30H,2H2,1H3;2-29H,1H3;1-29H. The molecule has 3 heteroatoms. The van der Waals surface area contributed by atoms with Crippen molar-refractivity contribution in [2.45, 2.75) is 20.3 Å². The molecule has 0 atom stereocenters. The first-order chi connectivity index (χ1) is 71.4. The molecule has 0 bridgehead atoms. The van der Waals surface area contributed by atoms with E-state index in [0.29, 0.717) is 0 Å². The lowest BCUT2D eigenvalue weighted by atomic mass is 9.86. The highest BCUT2D eigenvalue weighted by atomic mass is 15.0. The first kappa shape index (κ1) is 83.6. The Morgan fingerprint density at radius 3 is 0.590 bits per heavy atom. The minimum absolute atomic E-state index is 1.02. The first-order valence-electron chi connectivity index (χ1n) is 50.2. The van der Waals surface area contributed by atoms with Gasteiger partial charge in [0, 0.05) is 49.4 Å². The van der Waals surface area contributed by atoms with E-state index in [9.17, 15) is 0 Å². The quantitative estimate of drug-likeness (QED) is 0.121. The minimum Gasteiger partial charge on any atom is -0.309 e. The number of rotatable bonds is 10. The van der Waals surface area contributed by atoms with E-state index in [-0.39, 0.29) is 0 Å². The molecular weight excluding hydrogens is 1740 g/mol. The molecule has 0 aliphatic heterocycles. The van der Waals surface area contributed by atoms with Crippen LogP contribution in [0.2, 0.25) is 0 Å². The van der Waals surface area contributed by atoms with Gasteiger partial charge in [-0.2, -0.15) is 0 Å². The molecular formula is C141H93N3. The van der Waals surface area contributed by atoms with Gasteiger partial charge in [-0.05, 0) is 288 Å². The Labute approximate surface area is 833 Å². The third-order valence-corrected chi connectivity index (χ3v) is 30.7. The van der Waals surface area contributed by atoms with Gasteiger partial charge in [0.25, 0.3) is 0 Å². The average Bonchev–Trinajstić information content (AvgIpc) is 1.59. The Morgan fingerprint density at radius 1 is 0.146 bits per heavy atom. The van der Waals surface area contributed by atoms with E-state index in [1.165, 1.54) is 278 Å². The van der Waals surface area contributed by atoms with Crippen LogP contribution in [0.15, 0.2) is 516 Å². The van der Waals surface area contributed by atoms with Crippen LogP contribution >= 0.6 is 0 Å². The van der Waals surface area contributed by atoms with Crippen molar-refractivity contribution < 1.29 is 0 Å². The van der Waals surface area contributed by atoms with Crippen LogP contribution in [0.3, 0.4) is 0 Å². The summed E-state index contributed by atoms with van der Waals surface area (Å²) < 4.78 is 7.37. The minimum atomic E-state index is 1.02. The van der Waals surface area contributed by atoms with Crippen molar-refractivity contribution >= 4 is 195 Å². The van der Waals surface area contributed by atoms with Crippen molar-refractivity contribution in [2.24, 2.45) is 0 Å². The zero-order valence-electron chi connectivity index (χ0n) is 79.6. The van der Waals surface area contributed by atoms with Crippen LogP contribution in [0.5, 0.6) is 0 Å². The van der Waals surface area contributed by atoms with Crippen LogP contribution in [-0.2, 0) is 6.42 Å². The molecule has 0 radical (unpaired) electrons. The molecule has 30 rings (SSSR count). The van der Waals surface area contributed by atoms with Crippen molar-refractivity contribution in [3.8, 4) is 83.8 Å². The zero-order chi connectivity index (χ0) is 95.1. The van der Waals surface area contributed by atoms with Gasteiger partial charge < -0.3 is 13.7 Å². The van der Waals surface area contributed by atoms with Crippen molar-refractivity contribution in [2.75, 3.05) is 0 Å². The smallest absolute Gasteiger partial charge is 0.0547 e. The first-order valence-corrected chi connectivity index (χ1v) is 50.2. The molecule has 3 aromatic heterocycles. The lowest BCUT2D eigenvalue weighted by Gasteiger charge is -2.18. The number of benzene rings is 27. The van der Waals surface area contributed by atoms with E-state index in [2.05, 4.69) is 543 Å². The summed E-state index contributed by atoms with van der Waals surface area (Å²) in [5.74, 6) is 0. The highest BCUT2D eigenvalue weighted by Gasteiger charge is 2.27. The summed E-state index contributed by atoms with van der Waals surface area (Å²) in [5.41, 5.74) is 28.6. The molecule has 0 saturated heterocycles. The van der Waals surface area contributed by atoms with Crippen LogP contribution < -0.4 is 0 Å². The number of nitrogens with zero attached hydrogens (tertiary/aromatic N) is 3. The van der Waals surface area contributed by atoms with E-state index in [0.717, 1.165) is 17.8 Å².